The second-order valence-corrected chi connectivity index (χ2v) is 13.0. The van der Waals surface area contributed by atoms with Crippen molar-refractivity contribution in [3.8, 4) is 0 Å². The number of aromatic amines is 1. The van der Waals surface area contributed by atoms with Crippen molar-refractivity contribution in [1.82, 2.24) is 19.5 Å². The third-order valence-corrected chi connectivity index (χ3v) is 10.1. The molecule has 0 saturated carbocycles. The average molecular weight is 681 g/mol. The maximum atomic E-state index is 12.4. The number of hydrogen-bond donors (Lipinski definition) is 1. The van der Waals surface area contributed by atoms with Crippen LogP contribution in [0.3, 0.4) is 0 Å². The van der Waals surface area contributed by atoms with Crippen LogP contribution in [0, 0.1) is 13.8 Å². The molecule has 8 nitrogen and oxygen atoms in total. The van der Waals surface area contributed by atoms with Crippen LogP contribution in [-0.4, -0.2) is 45.7 Å². The number of aromatic nitrogens is 4. The van der Waals surface area contributed by atoms with Gasteiger partial charge in [-0.25, -0.2) is 9.97 Å². The van der Waals surface area contributed by atoms with Gasteiger partial charge < -0.3 is 19.0 Å². The highest BCUT2D eigenvalue weighted by molar-refractivity contribution is 5.97. The van der Waals surface area contributed by atoms with Crippen LogP contribution < -0.4 is 0 Å². The van der Waals surface area contributed by atoms with Gasteiger partial charge in [-0.15, -0.1) is 0 Å². The van der Waals surface area contributed by atoms with Crippen LogP contribution >= 0.6 is 0 Å². The minimum Gasteiger partial charge on any atom is -0.469 e. The largest absolute Gasteiger partial charge is 0.469 e. The van der Waals surface area contributed by atoms with Crippen LogP contribution in [0.5, 0.6) is 0 Å². The Labute approximate surface area is 298 Å². The molecule has 0 fully saturated rings. The molecule has 6 rings (SSSR count). The van der Waals surface area contributed by atoms with E-state index < -0.39 is 0 Å². The molecule has 51 heavy (non-hydrogen) atoms. The summed E-state index contributed by atoms with van der Waals surface area (Å²) in [6.45, 7) is 17.3. The molecule has 2 aliphatic heterocycles. The van der Waals surface area contributed by atoms with E-state index >= 15 is 0 Å². The third-order valence-electron chi connectivity index (χ3n) is 10.1. The monoisotopic (exact) mass is 680 g/mol. The minimum atomic E-state index is -0.288. The first-order chi connectivity index (χ1) is 24.6. The number of rotatable bonds is 10. The highest BCUT2D eigenvalue weighted by Gasteiger charge is 2.23. The quantitative estimate of drug-likeness (QED) is 0.168. The molecule has 1 aromatic carbocycles. The predicted molar refractivity (Wildman–Crippen MR) is 207 cm³/mol. The molecule has 3 aromatic heterocycles. The Morgan fingerprint density at radius 2 is 1.27 bits per heavy atom. The van der Waals surface area contributed by atoms with E-state index in [-0.39, 0.29) is 24.8 Å². The SMILES string of the molecule is C=Cc1c(C)c2cc3c(C=C)c(C)c(cc4nc(cc5nc(cc1[nH]2)C(C)=C5CCC(=O)OC)C(CCC(=O)OC)=C4C)n3Cc1ccccc1. The Morgan fingerprint density at radius 1 is 0.706 bits per heavy atom. The second-order valence-electron chi connectivity index (χ2n) is 13.0. The zero-order valence-electron chi connectivity index (χ0n) is 30.3. The summed E-state index contributed by atoms with van der Waals surface area (Å²) in [5.41, 5.74) is 16.1. The molecule has 0 radical (unpaired) electrons. The minimum absolute atomic E-state index is 0.215. The summed E-state index contributed by atoms with van der Waals surface area (Å²) in [5.74, 6) is -0.574. The van der Waals surface area contributed by atoms with Gasteiger partial charge in [-0.3, -0.25) is 9.59 Å². The smallest absolute Gasteiger partial charge is 0.305 e. The van der Waals surface area contributed by atoms with Gasteiger partial charge in [0.1, 0.15) is 0 Å². The first-order valence-corrected chi connectivity index (χ1v) is 17.2. The number of allylic oxidation sites excluding steroid dienone is 4. The number of nitrogens with one attached hydrogen (secondary N) is 1. The Morgan fingerprint density at radius 3 is 1.82 bits per heavy atom. The number of esters is 2. The highest BCUT2D eigenvalue weighted by atomic mass is 16.5. The van der Waals surface area contributed by atoms with Crippen molar-refractivity contribution < 1.29 is 19.1 Å². The van der Waals surface area contributed by atoms with Gasteiger partial charge in [0.05, 0.1) is 42.5 Å². The van der Waals surface area contributed by atoms with Crippen molar-refractivity contribution in [2.75, 3.05) is 14.2 Å². The summed E-state index contributed by atoms with van der Waals surface area (Å²) in [6, 6.07) is 18.8. The number of H-pyrrole nitrogens is 1. The summed E-state index contributed by atoms with van der Waals surface area (Å²) in [5, 5.41) is 0. The summed E-state index contributed by atoms with van der Waals surface area (Å²) in [6.07, 6.45) is 5.14. The summed E-state index contributed by atoms with van der Waals surface area (Å²) in [4.78, 5) is 38.7. The topological polar surface area (TPSA) is 99.1 Å². The van der Waals surface area contributed by atoms with E-state index in [0.29, 0.717) is 19.4 Å². The zero-order chi connectivity index (χ0) is 36.4. The van der Waals surface area contributed by atoms with Gasteiger partial charge in [0.25, 0.3) is 0 Å². The second kappa shape index (κ2) is 14.6. The van der Waals surface area contributed by atoms with E-state index in [4.69, 9.17) is 19.4 Å². The van der Waals surface area contributed by atoms with Crippen molar-refractivity contribution in [3.63, 3.8) is 0 Å². The lowest BCUT2D eigenvalue weighted by Crippen LogP contribution is -2.01. The van der Waals surface area contributed by atoms with Crippen LogP contribution in [-0.2, 0) is 25.6 Å². The van der Waals surface area contributed by atoms with Crippen molar-refractivity contribution >= 4 is 68.4 Å². The summed E-state index contributed by atoms with van der Waals surface area (Å²) < 4.78 is 12.3. The fraction of sp³-hybridized carbons (Fsp3) is 0.256. The van der Waals surface area contributed by atoms with E-state index in [1.54, 1.807) is 0 Å². The Kier molecular flexibility index (Phi) is 10.1. The molecule has 0 atom stereocenters. The van der Waals surface area contributed by atoms with Gasteiger partial charge in [0.15, 0.2) is 0 Å². The van der Waals surface area contributed by atoms with E-state index in [1.165, 1.54) is 14.2 Å². The lowest BCUT2D eigenvalue weighted by atomic mass is 9.98. The maximum absolute atomic E-state index is 12.4. The molecule has 2 aliphatic rings. The molecule has 0 saturated heterocycles. The van der Waals surface area contributed by atoms with E-state index in [2.05, 4.69) is 85.9 Å². The number of aryl methyl sites for hydroxylation is 2. The van der Waals surface area contributed by atoms with Gasteiger partial charge in [-0.2, -0.15) is 0 Å². The molecule has 0 aliphatic carbocycles. The lowest BCUT2D eigenvalue weighted by molar-refractivity contribution is -0.141. The zero-order valence-corrected chi connectivity index (χ0v) is 30.3. The van der Waals surface area contributed by atoms with Gasteiger partial charge in [-0.1, -0.05) is 55.6 Å². The molecule has 8 heteroatoms. The number of fused-ring (bicyclic) bond motifs is 8. The highest BCUT2D eigenvalue weighted by Crippen LogP contribution is 2.39. The van der Waals surface area contributed by atoms with Crippen molar-refractivity contribution in [3.05, 3.63) is 118 Å². The molecule has 1 N–H and O–H groups in total. The fourth-order valence-electron chi connectivity index (χ4n) is 7.12. The van der Waals surface area contributed by atoms with Crippen LogP contribution in [0.2, 0.25) is 0 Å². The standard InChI is InChI=1S/C43H44N4O4/c1-9-30-25(3)36-23-41-31(10-2)28(6)40(47(41)24-29-14-12-11-13-15-29)22-35-27(5)33(17-19-43(49)51-8)39(46-35)21-38-32(16-18-42(48)50-7)26(4)34(44-38)20-37(30)45-36/h9-15,20-23,45H,1-2,16-19,24H2,3-8H3. The summed E-state index contributed by atoms with van der Waals surface area (Å²) in [7, 11) is 2.80. The fourth-order valence-corrected chi connectivity index (χ4v) is 7.12. The molecular formula is C43H44N4O4. The van der Waals surface area contributed by atoms with E-state index in [9.17, 15) is 9.59 Å². The average Bonchev–Trinajstić information content (AvgIpc) is 3.78. The Balaban J connectivity index is 1.76. The number of ether oxygens (including phenoxy) is 2. The number of nitrogens with zero attached hydrogens (tertiary/aromatic N) is 3. The van der Waals surface area contributed by atoms with Crippen LogP contribution in [0.15, 0.2) is 67.8 Å². The van der Waals surface area contributed by atoms with Gasteiger partial charge in [0, 0.05) is 47.1 Å². The molecule has 8 bridgehead atoms. The molecule has 0 amide bonds. The number of benzene rings is 1. The van der Waals surface area contributed by atoms with Crippen LogP contribution in [0.1, 0.15) is 90.1 Å². The molecule has 260 valence electrons. The molecule has 0 spiro atoms. The van der Waals surface area contributed by atoms with Gasteiger partial charge >= 0.3 is 11.9 Å². The Bertz CT molecular complexity index is 2320. The van der Waals surface area contributed by atoms with Gasteiger partial charge in [-0.05, 0) is 104 Å². The van der Waals surface area contributed by atoms with Crippen molar-refractivity contribution in [1.29, 1.82) is 0 Å². The maximum Gasteiger partial charge on any atom is 0.305 e. The third kappa shape index (κ3) is 6.74. The first kappa shape index (κ1) is 35.1. The summed E-state index contributed by atoms with van der Waals surface area (Å²) >= 11 is 0. The van der Waals surface area contributed by atoms with Crippen LogP contribution in [0.4, 0.5) is 0 Å². The number of carbonyl (C=O) groups is 2. The van der Waals surface area contributed by atoms with Crippen LogP contribution in [0.25, 0.3) is 56.5 Å². The normalized spacial score (nSPS) is 12.7. The lowest BCUT2D eigenvalue weighted by Gasteiger charge is -2.08. The molecule has 4 aromatic rings. The van der Waals surface area contributed by atoms with Gasteiger partial charge in [0.2, 0.25) is 0 Å². The number of carbonyl (C=O) groups excluding carboxylic acids is 2. The van der Waals surface area contributed by atoms with E-state index in [0.717, 1.165) is 95.0 Å². The van der Waals surface area contributed by atoms with E-state index in [1.807, 2.05) is 31.2 Å². The number of methoxy groups -OCH3 is 2. The predicted octanol–water partition coefficient (Wildman–Crippen LogP) is 9.51. The molecule has 5 heterocycles. The molecular weight excluding hydrogens is 636 g/mol. The molecule has 0 unspecified atom stereocenters. The van der Waals surface area contributed by atoms with Crippen molar-refractivity contribution in [2.45, 2.75) is 59.9 Å². The Hall–Kier alpha value is -5.76. The number of hydrogen-bond acceptors (Lipinski definition) is 6. The first-order valence-electron chi connectivity index (χ1n) is 17.2. The van der Waals surface area contributed by atoms with Crippen molar-refractivity contribution in [2.24, 2.45) is 0 Å².